The minimum atomic E-state index is -3.00. The van der Waals surface area contributed by atoms with Gasteiger partial charge in [-0.15, -0.1) is 11.3 Å². The fourth-order valence-corrected chi connectivity index (χ4v) is 8.36. The van der Waals surface area contributed by atoms with E-state index in [2.05, 4.69) is 6.07 Å². The summed E-state index contributed by atoms with van der Waals surface area (Å²) in [5.74, 6) is -4.41. The second-order valence-corrected chi connectivity index (χ2v) is 14.6. The number of ketones is 1. The summed E-state index contributed by atoms with van der Waals surface area (Å²) in [6, 6.07) is 9.76. The molecule has 0 spiro atoms. The zero-order valence-corrected chi connectivity index (χ0v) is 23.4. The fourth-order valence-electron chi connectivity index (χ4n) is 5.91. The molecule has 39 heavy (non-hydrogen) atoms. The number of Topliss-reactive ketones (excluding diaryl/α,β-unsaturated/α-hetero) is 1. The molecule has 0 amide bonds. The molecule has 11 heteroatoms. The van der Waals surface area contributed by atoms with Gasteiger partial charge in [-0.3, -0.25) is 4.79 Å². The van der Waals surface area contributed by atoms with Crippen LogP contribution in [0.4, 0.5) is 18.9 Å². The minimum absolute atomic E-state index is 0.0474. The second-order valence-electron chi connectivity index (χ2n) is 11.2. The topological polar surface area (TPSA) is 91.1 Å². The lowest BCUT2D eigenvalue weighted by Gasteiger charge is -2.34. The molecule has 2 saturated carbocycles. The number of halogens is 3. The van der Waals surface area contributed by atoms with E-state index in [4.69, 9.17) is 4.98 Å². The van der Waals surface area contributed by atoms with Crippen molar-refractivity contribution in [1.82, 2.24) is 4.98 Å². The summed E-state index contributed by atoms with van der Waals surface area (Å²) in [4.78, 5) is 20.9. The summed E-state index contributed by atoms with van der Waals surface area (Å²) in [5, 5.41) is 9.83. The number of benzene rings is 1. The first-order valence-electron chi connectivity index (χ1n) is 13.5. The van der Waals surface area contributed by atoms with Crippen molar-refractivity contribution >= 4 is 32.6 Å². The van der Waals surface area contributed by atoms with Gasteiger partial charge in [0.15, 0.2) is 9.84 Å². The first kappa shape index (κ1) is 28.1. The van der Waals surface area contributed by atoms with Gasteiger partial charge in [0.1, 0.15) is 12.0 Å². The maximum atomic E-state index is 14.5. The molecule has 2 aromatic rings. The molecule has 5 rings (SSSR count). The Kier molecular flexibility index (Phi) is 7.81. The Morgan fingerprint density at radius 1 is 1.21 bits per heavy atom. The van der Waals surface area contributed by atoms with Crippen LogP contribution in [-0.4, -0.2) is 55.9 Å². The van der Waals surface area contributed by atoms with Crippen LogP contribution < -0.4 is 4.90 Å². The van der Waals surface area contributed by atoms with Gasteiger partial charge in [-0.05, 0) is 43.9 Å². The van der Waals surface area contributed by atoms with Crippen molar-refractivity contribution in [3.05, 3.63) is 35.0 Å². The molecule has 2 heterocycles. The van der Waals surface area contributed by atoms with Gasteiger partial charge in [-0.25, -0.2) is 26.6 Å². The van der Waals surface area contributed by atoms with Crippen LogP contribution in [0.5, 0.6) is 0 Å². The summed E-state index contributed by atoms with van der Waals surface area (Å²) in [5.41, 5.74) is 2.40. The summed E-state index contributed by atoms with van der Waals surface area (Å²) in [7, 11) is -3.00. The molecule has 0 bridgehead atoms. The smallest absolute Gasteiger partial charge is 0.249 e. The molecule has 210 valence electrons. The van der Waals surface area contributed by atoms with E-state index in [1.54, 1.807) is 6.92 Å². The molecule has 4 atom stereocenters. The average Bonchev–Trinajstić information content (AvgIpc) is 3.32. The Labute approximate surface area is 231 Å². The lowest BCUT2D eigenvalue weighted by Crippen LogP contribution is -2.40. The largest absolute Gasteiger partial charge is 0.369 e. The Morgan fingerprint density at radius 3 is 2.49 bits per heavy atom. The van der Waals surface area contributed by atoms with E-state index < -0.39 is 33.8 Å². The maximum absolute atomic E-state index is 14.5. The number of aromatic nitrogens is 1. The molecule has 0 radical (unpaired) electrons. The molecule has 0 N–H and O–H groups in total. The third kappa shape index (κ3) is 6.17. The van der Waals surface area contributed by atoms with Crippen molar-refractivity contribution in [3.63, 3.8) is 0 Å². The lowest BCUT2D eigenvalue weighted by atomic mass is 9.72. The predicted molar refractivity (Wildman–Crippen MR) is 145 cm³/mol. The number of thiazole rings is 1. The number of rotatable bonds is 7. The van der Waals surface area contributed by atoms with E-state index in [1.807, 2.05) is 29.2 Å². The van der Waals surface area contributed by atoms with Crippen molar-refractivity contribution in [2.75, 3.05) is 29.5 Å². The van der Waals surface area contributed by atoms with Gasteiger partial charge in [0.05, 0.1) is 39.1 Å². The zero-order valence-electron chi connectivity index (χ0n) is 21.8. The molecule has 6 nitrogen and oxygen atoms in total. The molecule has 1 saturated heterocycles. The van der Waals surface area contributed by atoms with E-state index in [0.29, 0.717) is 36.6 Å². The van der Waals surface area contributed by atoms with Crippen LogP contribution in [0.3, 0.4) is 0 Å². The number of hydrogen-bond donors (Lipinski definition) is 0. The van der Waals surface area contributed by atoms with Crippen molar-refractivity contribution in [2.24, 2.45) is 11.8 Å². The predicted octanol–water partition coefficient (Wildman–Crippen LogP) is 5.90. The number of anilines is 1. The van der Waals surface area contributed by atoms with E-state index >= 15 is 0 Å². The Morgan fingerprint density at radius 2 is 1.87 bits per heavy atom. The van der Waals surface area contributed by atoms with Crippen LogP contribution in [0.25, 0.3) is 10.4 Å². The summed E-state index contributed by atoms with van der Waals surface area (Å²) >= 11 is 1.37. The van der Waals surface area contributed by atoms with Crippen LogP contribution >= 0.6 is 11.3 Å². The van der Waals surface area contributed by atoms with Crippen molar-refractivity contribution in [3.8, 4) is 16.5 Å². The molecule has 1 aromatic heterocycles. The number of carbonyl (C=O) groups is 1. The van der Waals surface area contributed by atoms with Crippen LogP contribution in [0.2, 0.25) is 0 Å². The fraction of sp³-hybridized carbons (Fsp3) is 0.607. The van der Waals surface area contributed by atoms with Gasteiger partial charge in [-0.1, -0.05) is 12.1 Å². The highest BCUT2D eigenvalue weighted by Crippen LogP contribution is 2.52. The van der Waals surface area contributed by atoms with E-state index in [9.17, 15) is 31.6 Å². The second kappa shape index (κ2) is 10.8. The van der Waals surface area contributed by atoms with Crippen LogP contribution in [0, 0.1) is 23.2 Å². The van der Waals surface area contributed by atoms with Crippen molar-refractivity contribution in [1.29, 1.82) is 5.26 Å². The van der Waals surface area contributed by atoms with Gasteiger partial charge in [-0.2, -0.15) is 5.26 Å². The SMILES string of the molecule is C[C@@H](C#N)CC(=O)[C@@H]1C[C@@H](F)CC[C@H]1c1nc(C2CC(F)(F)C2)sc1-c1ccc(N2CCS(=O)(=O)CC2)cc1. The van der Waals surface area contributed by atoms with Gasteiger partial charge in [0.25, 0.3) is 0 Å². The monoisotopic (exact) mass is 579 g/mol. The van der Waals surface area contributed by atoms with Gasteiger partial charge < -0.3 is 4.90 Å². The molecule has 1 aromatic carbocycles. The highest BCUT2D eigenvalue weighted by molar-refractivity contribution is 7.91. The molecule has 3 aliphatic rings. The number of sulfone groups is 1. The number of nitriles is 1. The summed E-state index contributed by atoms with van der Waals surface area (Å²) in [6.07, 6.45) is -0.766. The zero-order chi connectivity index (χ0) is 27.9. The molecule has 3 fully saturated rings. The third-order valence-corrected chi connectivity index (χ3v) is 11.1. The van der Waals surface area contributed by atoms with Crippen molar-refractivity contribution < 1.29 is 26.4 Å². The molecular weight excluding hydrogens is 547 g/mol. The number of hydrogen-bond acceptors (Lipinski definition) is 7. The highest BCUT2D eigenvalue weighted by atomic mass is 32.2. The Hall–Kier alpha value is -2.45. The molecule has 0 unspecified atom stereocenters. The van der Waals surface area contributed by atoms with E-state index in [0.717, 1.165) is 16.1 Å². The van der Waals surface area contributed by atoms with Gasteiger partial charge in [0.2, 0.25) is 5.92 Å². The van der Waals surface area contributed by atoms with Gasteiger partial charge >= 0.3 is 0 Å². The normalized spacial score (nSPS) is 27.4. The van der Waals surface area contributed by atoms with E-state index in [1.165, 1.54) is 11.3 Å². The standard InChI is InChI=1S/C28H32F3N3O3S2/c1-17(16-32)12-24(35)23-13-20(29)4-7-22(23)25-26(38-27(33-25)19-14-28(30,31)15-19)18-2-5-21(6-3-18)34-8-10-39(36,37)11-9-34/h2-3,5-6,17,19-20,22-23H,4,7-15H2,1H3/t17-,20+,22-,23-/m1/s1. The first-order valence-corrected chi connectivity index (χ1v) is 16.1. The van der Waals surface area contributed by atoms with Crippen LogP contribution in [0.1, 0.15) is 68.0 Å². The lowest BCUT2D eigenvalue weighted by molar-refractivity contribution is -0.125. The quantitative estimate of drug-likeness (QED) is 0.406. The average molecular weight is 580 g/mol. The highest BCUT2D eigenvalue weighted by Gasteiger charge is 2.48. The molecule has 1 aliphatic heterocycles. The van der Waals surface area contributed by atoms with Gasteiger partial charge in [0, 0.05) is 55.8 Å². The molecular formula is C28H32F3N3O3S2. The number of nitrogens with zero attached hydrogens (tertiary/aromatic N) is 3. The maximum Gasteiger partial charge on any atom is 0.249 e. The Balaban J connectivity index is 1.47. The summed E-state index contributed by atoms with van der Waals surface area (Å²) < 4.78 is 65.6. The molecule has 2 aliphatic carbocycles. The Bertz CT molecular complexity index is 1350. The van der Waals surface area contributed by atoms with Crippen molar-refractivity contribution in [2.45, 2.75) is 69.4 Å². The van der Waals surface area contributed by atoms with Crippen LogP contribution in [0.15, 0.2) is 24.3 Å². The number of alkyl halides is 3. The van der Waals surface area contributed by atoms with Crippen LogP contribution in [-0.2, 0) is 14.6 Å². The first-order chi connectivity index (χ1) is 18.4. The summed E-state index contributed by atoms with van der Waals surface area (Å²) in [6.45, 7) is 2.51. The van der Waals surface area contributed by atoms with E-state index in [-0.39, 0.29) is 54.8 Å². The number of carbonyl (C=O) groups excluding carboxylic acids is 1. The minimum Gasteiger partial charge on any atom is -0.369 e. The third-order valence-electron chi connectivity index (χ3n) is 8.23.